The van der Waals surface area contributed by atoms with Crippen LogP contribution in [0.15, 0.2) is 16.9 Å². The highest BCUT2D eigenvalue weighted by atomic mass is 16.3. The summed E-state index contributed by atoms with van der Waals surface area (Å²) in [5.41, 5.74) is 2.05. The maximum atomic E-state index is 13.2. The Morgan fingerprint density at radius 2 is 1.96 bits per heavy atom. The molecule has 0 amide bonds. The van der Waals surface area contributed by atoms with Gasteiger partial charge in [0.05, 0.1) is 5.35 Å². The molecule has 128 valence electrons. The average Bonchev–Trinajstić information content (AvgIpc) is 3.34. The third-order valence-corrected chi connectivity index (χ3v) is 5.14. The lowest BCUT2D eigenvalue weighted by atomic mass is 9.91. The van der Waals surface area contributed by atoms with E-state index in [0.29, 0.717) is 34.2 Å². The topological polar surface area (TPSA) is 72.2 Å². The molecule has 0 unspecified atom stereocenters. The molecule has 0 aliphatic heterocycles. The normalized spacial score (nSPS) is 15.9. The molecule has 5 nitrogen and oxygen atoms in total. The van der Waals surface area contributed by atoms with Crippen molar-refractivity contribution in [2.75, 3.05) is 0 Å². The zero-order valence-electron chi connectivity index (χ0n) is 14.4. The third-order valence-electron chi connectivity index (χ3n) is 5.14. The smallest absolute Gasteiger partial charge is 0.251 e. The van der Waals surface area contributed by atoms with Gasteiger partial charge < -0.3 is 9.67 Å². The Morgan fingerprint density at radius 1 is 1.24 bits per heavy atom. The van der Waals surface area contributed by atoms with Crippen LogP contribution in [-0.4, -0.2) is 20.4 Å². The molecule has 0 radical (unpaired) electrons. The van der Waals surface area contributed by atoms with E-state index < -0.39 is 0 Å². The van der Waals surface area contributed by atoms with Gasteiger partial charge in [-0.3, -0.25) is 9.59 Å². The molecule has 4 rings (SSSR count). The second-order valence-electron chi connectivity index (χ2n) is 7.10. The van der Waals surface area contributed by atoms with Crippen molar-refractivity contribution < 1.29 is 9.90 Å². The molecule has 0 atom stereocenters. The van der Waals surface area contributed by atoms with Gasteiger partial charge in [0.25, 0.3) is 5.56 Å². The summed E-state index contributed by atoms with van der Waals surface area (Å²) in [6.07, 6.45) is 3.24. The minimum atomic E-state index is -0.312. The lowest BCUT2D eigenvalue weighted by molar-refractivity contribution is 0.102. The Hall–Kier alpha value is -2.69. The summed E-state index contributed by atoms with van der Waals surface area (Å²) in [5, 5.41) is 11.8. The van der Waals surface area contributed by atoms with Crippen molar-refractivity contribution in [3.8, 4) is 0 Å². The number of aliphatic hydroxyl groups excluding tert-OH is 1. The van der Waals surface area contributed by atoms with Crippen LogP contribution >= 0.6 is 0 Å². The van der Waals surface area contributed by atoms with Gasteiger partial charge in [-0.05, 0) is 43.4 Å². The standard InChI is InChI=1S/C20H20N2O3/c1-10-8-12(3)21-17-15(10)19(24)16-11(2)9-14(23)22(18(16)20(17)25)7-6-13-4-5-13/h8-9,13,24H,3-7H2,1-2H3. The maximum Gasteiger partial charge on any atom is 0.251 e. The van der Waals surface area contributed by atoms with Gasteiger partial charge in [0.15, 0.2) is 0 Å². The van der Waals surface area contributed by atoms with E-state index in [-0.39, 0.29) is 28.5 Å². The molecule has 0 spiro atoms. The molecule has 2 aliphatic rings. The van der Waals surface area contributed by atoms with Gasteiger partial charge in [0.2, 0.25) is 5.78 Å². The lowest BCUT2D eigenvalue weighted by Crippen LogP contribution is -2.38. The number of carbonyl (C=O) groups excluding carboxylic acids is 1. The van der Waals surface area contributed by atoms with E-state index in [2.05, 4.69) is 11.6 Å². The molecule has 0 aromatic carbocycles. The van der Waals surface area contributed by atoms with Gasteiger partial charge >= 0.3 is 0 Å². The third kappa shape index (κ3) is 2.42. The van der Waals surface area contributed by atoms with Crippen molar-refractivity contribution >= 4 is 18.1 Å². The van der Waals surface area contributed by atoms with E-state index in [9.17, 15) is 14.7 Å². The Balaban J connectivity index is 2.05. The summed E-state index contributed by atoms with van der Waals surface area (Å²) in [7, 11) is 0. The van der Waals surface area contributed by atoms with Crippen LogP contribution in [0.2, 0.25) is 0 Å². The van der Waals surface area contributed by atoms with Crippen molar-refractivity contribution in [1.82, 2.24) is 9.55 Å². The van der Waals surface area contributed by atoms with Crippen LogP contribution in [0.4, 0.5) is 0 Å². The van der Waals surface area contributed by atoms with Gasteiger partial charge in [0.1, 0.15) is 17.1 Å². The molecule has 2 aromatic heterocycles. The Bertz CT molecular complexity index is 1090. The minimum Gasteiger partial charge on any atom is -0.507 e. The Morgan fingerprint density at radius 3 is 2.64 bits per heavy atom. The minimum absolute atomic E-state index is 0.0206. The van der Waals surface area contributed by atoms with Crippen LogP contribution in [0.1, 0.15) is 52.1 Å². The molecule has 0 bridgehead atoms. The van der Waals surface area contributed by atoms with Crippen molar-refractivity contribution in [2.24, 2.45) is 5.92 Å². The van der Waals surface area contributed by atoms with Crippen LogP contribution in [0, 0.1) is 19.8 Å². The van der Waals surface area contributed by atoms with E-state index in [0.717, 1.165) is 12.0 Å². The van der Waals surface area contributed by atoms with E-state index in [4.69, 9.17) is 0 Å². The summed E-state index contributed by atoms with van der Waals surface area (Å²) in [6.45, 7) is 7.87. The van der Waals surface area contributed by atoms with E-state index in [1.54, 1.807) is 13.0 Å². The summed E-state index contributed by atoms with van der Waals surface area (Å²) >= 11 is 0. The van der Waals surface area contributed by atoms with Crippen LogP contribution in [0.5, 0.6) is 0 Å². The molecule has 1 fully saturated rings. The van der Waals surface area contributed by atoms with Crippen LogP contribution in [-0.2, 0) is 6.54 Å². The average molecular weight is 336 g/mol. The first-order valence-corrected chi connectivity index (χ1v) is 8.58. The molecule has 25 heavy (non-hydrogen) atoms. The van der Waals surface area contributed by atoms with Crippen molar-refractivity contribution in [2.45, 2.75) is 39.7 Å². The van der Waals surface area contributed by atoms with E-state index in [1.165, 1.54) is 23.5 Å². The number of hydrogen-bond acceptors (Lipinski definition) is 4. The van der Waals surface area contributed by atoms with Crippen LogP contribution in [0.3, 0.4) is 0 Å². The number of aromatic nitrogens is 2. The van der Waals surface area contributed by atoms with Gasteiger partial charge in [-0.25, -0.2) is 4.98 Å². The fourth-order valence-electron chi connectivity index (χ4n) is 3.68. The molecule has 2 heterocycles. The number of carbonyl (C=O) groups is 1. The number of fused-ring (bicyclic) bond motifs is 2. The Kier molecular flexibility index (Phi) is 3.42. The monoisotopic (exact) mass is 336 g/mol. The molecule has 5 heteroatoms. The zero-order chi connectivity index (χ0) is 17.9. The highest BCUT2D eigenvalue weighted by Crippen LogP contribution is 2.33. The SMILES string of the molecule is C=c1cc(C)c2c(n1)C(=O)c1c(c(C)cc(=O)n1CCC1CC1)C=2O. The van der Waals surface area contributed by atoms with Crippen LogP contribution < -0.4 is 16.1 Å². The van der Waals surface area contributed by atoms with Crippen LogP contribution in [0.25, 0.3) is 12.3 Å². The molecular weight excluding hydrogens is 316 g/mol. The first kappa shape index (κ1) is 15.8. The number of rotatable bonds is 3. The molecule has 0 saturated heterocycles. The summed E-state index contributed by atoms with van der Waals surface area (Å²) < 4.78 is 1.51. The first-order valence-electron chi connectivity index (χ1n) is 8.58. The van der Waals surface area contributed by atoms with Crippen molar-refractivity contribution in [1.29, 1.82) is 0 Å². The van der Waals surface area contributed by atoms with E-state index >= 15 is 0 Å². The molecule has 2 aliphatic carbocycles. The zero-order valence-corrected chi connectivity index (χ0v) is 14.4. The summed E-state index contributed by atoms with van der Waals surface area (Å²) in [5.74, 6) is 0.347. The van der Waals surface area contributed by atoms with Crippen molar-refractivity contribution in [3.63, 3.8) is 0 Å². The summed E-state index contributed by atoms with van der Waals surface area (Å²) in [4.78, 5) is 30.0. The maximum absolute atomic E-state index is 13.2. The largest absolute Gasteiger partial charge is 0.507 e. The first-order chi connectivity index (χ1) is 11.9. The second kappa shape index (κ2) is 5.41. The summed E-state index contributed by atoms with van der Waals surface area (Å²) in [6, 6.07) is 3.24. The molecule has 1 N–H and O–H groups in total. The number of aliphatic hydroxyl groups is 1. The van der Waals surface area contributed by atoms with E-state index in [1.807, 2.05) is 6.92 Å². The number of aryl methyl sites for hydroxylation is 2. The van der Waals surface area contributed by atoms with Gasteiger partial charge in [0, 0.05) is 23.4 Å². The fraction of sp³-hybridized carbons (Fsp3) is 0.350. The Labute approximate surface area is 145 Å². The quantitative estimate of drug-likeness (QED) is 0.918. The molecule has 2 aromatic rings. The highest BCUT2D eigenvalue weighted by molar-refractivity contribution is 6.12. The number of nitrogens with zero attached hydrogens (tertiary/aromatic N) is 2. The number of pyridine rings is 2. The van der Waals surface area contributed by atoms with Gasteiger partial charge in [-0.15, -0.1) is 0 Å². The van der Waals surface area contributed by atoms with Crippen molar-refractivity contribution in [3.05, 3.63) is 61.1 Å². The highest BCUT2D eigenvalue weighted by Gasteiger charge is 2.31. The molecular formula is C20H20N2O3. The predicted octanol–water partition coefficient (Wildman–Crippen LogP) is 1.33. The van der Waals surface area contributed by atoms with Gasteiger partial charge in [-0.2, -0.15) is 0 Å². The lowest BCUT2D eigenvalue weighted by Gasteiger charge is -2.22. The number of ketones is 1. The molecule has 1 saturated carbocycles. The number of hydrogen-bond donors (Lipinski definition) is 1. The predicted molar refractivity (Wildman–Crippen MR) is 95.1 cm³/mol. The van der Waals surface area contributed by atoms with Gasteiger partial charge in [-0.1, -0.05) is 19.4 Å². The second-order valence-corrected chi connectivity index (χ2v) is 7.10. The fourth-order valence-corrected chi connectivity index (χ4v) is 3.68.